The molecule has 0 aliphatic carbocycles. The van der Waals surface area contributed by atoms with E-state index in [1.807, 2.05) is 38.1 Å². The summed E-state index contributed by atoms with van der Waals surface area (Å²) in [6.45, 7) is 2.81. The van der Waals surface area contributed by atoms with Crippen LogP contribution in [0.3, 0.4) is 0 Å². The third-order valence-corrected chi connectivity index (χ3v) is 5.62. The second kappa shape index (κ2) is 9.19. The van der Waals surface area contributed by atoms with Crippen molar-refractivity contribution < 1.29 is 18.7 Å². The molecule has 154 valence electrons. The van der Waals surface area contributed by atoms with Crippen LogP contribution >= 0.6 is 11.3 Å². The van der Waals surface area contributed by atoms with Crippen molar-refractivity contribution in [1.29, 1.82) is 0 Å². The molecule has 1 heterocycles. The second-order valence-corrected chi connectivity index (χ2v) is 7.80. The fourth-order valence-electron chi connectivity index (χ4n) is 2.78. The van der Waals surface area contributed by atoms with Gasteiger partial charge in [0.25, 0.3) is 5.91 Å². The monoisotopic (exact) mass is 417 g/mol. The minimum absolute atomic E-state index is 0.0511. The zero-order valence-electron chi connectivity index (χ0n) is 16.9. The van der Waals surface area contributed by atoms with Gasteiger partial charge in [0.15, 0.2) is 23.3 Å². The van der Waals surface area contributed by atoms with Gasteiger partial charge in [-0.05, 0) is 44.8 Å². The van der Waals surface area contributed by atoms with Gasteiger partial charge < -0.3 is 14.4 Å². The highest BCUT2D eigenvalue weighted by Gasteiger charge is 2.22. The number of likely N-dealkylation sites (N-methyl/N-ethyl adjacent to an activating group) is 1. The molecular formula is C21H24FN3O3S. The van der Waals surface area contributed by atoms with Crippen molar-refractivity contribution in [2.75, 3.05) is 45.8 Å². The quantitative estimate of drug-likeness (QED) is 0.559. The van der Waals surface area contributed by atoms with Crippen molar-refractivity contribution in [3.8, 4) is 11.5 Å². The molecule has 8 heteroatoms. The van der Waals surface area contributed by atoms with E-state index in [4.69, 9.17) is 9.47 Å². The third kappa shape index (κ3) is 4.83. The Labute approximate surface area is 173 Å². The van der Waals surface area contributed by atoms with Crippen molar-refractivity contribution in [2.24, 2.45) is 0 Å². The molecule has 0 unspecified atom stereocenters. The number of aryl methyl sites for hydroxylation is 1. The summed E-state index contributed by atoms with van der Waals surface area (Å²) in [5.41, 5.74) is 1.79. The fraction of sp³-hybridized carbons (Fsp3) is 0.333. The van der Waals surface area contributed by atoms with Crippen LogP contribution in [0.25, 0.3) is 10.2 Å². The number of aromatic nitrogens is 1. The number of methoxy groups -OCH3 is 1. The van der Waals surface area contributed by atoms with Gasteiger partial charge in [0.2, 0.25) is 0 Å². The summed E-state index contributed by atoms with van der Waals surface area (Å²) in [6.07, 6.45) is 0. The zero-order valence-corrected chi connectivity index (χ0v) is 17.8. The largest absolute Gasteiger partial charge is 0.494 e. The molecule has 3 aromatic rings. The van der Waals surface area contributed by atoms with Gasteiger partial charge in [0.1, 0.15) is 11.3 Å². The number of para-hydroxylation sites is 1. The lowest BCUT2D eigenvalue weighted by atomic mass is 10.2. The standard InChI is InChI=1S/C21H24FN3O3S/c1-14-9-10-17(27-4)19-20(14)29-21(23-19)25(12-11-24(2)3)18(26)13-28-16-8-6-5-7-15(16)22/h5-10H,11-13H2,1-4H3. The van der Waals surface area contributed by atoms with Gasteiger partial charge in [0, 0.05) is 13.1 Å². The van der Waals surface area contributed by atoms with E-state index in [0.717, 1.165) is 15.8 Å². The number of halogens is 1. The van der Waals surface area contributed by atoms with E-state index < -0.39 is 5.82 Å². The smallest absolute Gasteiger partial charge is 0.266 e. The maximum absolute atomic E-state index is 13.8. The van der Waals surface area contributed by atoms with Crippen LogP contribution in [0.5, 0.6) is 11.5 Å². The van der Waals surface area contributed by atoms with Crippen LogP contribution in [0.1, 0.15) is 5.56 Å². The highest BCUT2D eigenvalue weighted by Crippen LogP contribution is 2.36. The van der Waals surface area contributed by atoms with Gasteiger partial charge in [-0.15, -0.1) is 0 Å². The Morgan fingerprint density at radius 1 is 1.14 bits per heavy atom. The summed E-state index contributed by atoms with van der Waals surface area (Å²) in [5.74, 6) is -0.0720. The topological polar surface area (TPSA) is 54.9 Å². The molecule has 1 aromatic heterocycles. The van der Waals surface area contributed by atoms with E-state index >= 15 is 0 Å². The Morgan fingerprint density at radius 2 is 1.90 bits per heavy atom. The van der Waals surface area contributed by atoms with Crippen molar-refractivity contribution in [3.05, 3.63) is 47.8 Å². The molecule has 3 rings (SSSR count). The minimum atomic E-state index is -0.500. The molecule has 0 fully saturated rings. The third-order valence-electron chi connectivity index (χ3n) is 4.40. The Hall–Kier alpha value is -2.71. The number of carbonyl (C=O) groups excluding carboxylic acids is 1. The van der Waals surface area contributed by atoms with Crippen LogP contribution in [0, 0.1) is 12.7 Å². The number of benzene rings is 2. The van der Waals surface area contributed by atoms with Crippen LogP contribution in [0.2, 0.25) is 0 Å². The van der Waals surface area contributed by atoms with Crippen LogP contribution < -0.4 is 14.4 Å². The van der Waals surface area contributed by atoms with E-state index in [1.165, 1.54) is 23.5 Å². The molecule has 0 bridgehead atoms. The maximum atomic E-state index is 13.8. The van der Waals surface area contributed by atoms with Crippen molar-refractivity contribution in [1.82, 2.24) is 9.88 Å². The molecule has 0 saturated heterocycles. The van der Waals surface area contributed by atoms with Crippen LogP contribution in [-0.4, -0.2) is 56.7 Å². The molecule has 0 atom stereocenters. The molecule has 1 amide bonds. The molecule has 0 aliphatic heterocycles. The molecule has 2 aromatic carbocycles. The summed E-state index contributed by atoms with van der Waals surface area (Å²) in [4.78, 5) is 21.2. The summed E-state index contributed by atoms with van der Waals surface area (Å²) in [6, 6.07) is 9.87. The highest BCUT2D eigenvalue weighted by molar-refractivity contribution is 7.22. The Morgan fingerprint density at radius 3 is 2.59 bits per heavy atom. The number of amides is 1. The number of rotatable bonds is 8. The Kier molecular flexibility index (Phi) is 6.66. The lowest BCUT2D eigenvalue weighted by Crippen LogP contribution is -2.39. The Bertz CT molecular complexity index is 1010. The van der Waals surface area contributed by atoms with Crippen molar-refractivity contribution >= 4 is 32.6 Å². The summed E-state index contributed by atoms with van der Waals surface area (Å²) < 4.78 is 25.6. The van der Waals surface area contributed by atoms with Crippen molar-refractivity contribution in [2.45, 2.75) is 6.92 Å². The lowest BCUT2D eigenvalue weighted by Gasteiger charge is -2.22. The average molecular weight is 418 g/mol. The van der Waals surface area contributed by atoms with E-state index in [9.17, 15) is 9.18 Å². The number of hydrogen-bond donors (Lipinski definition) is 0. The molecule has 0 spiro atoms. The summed E-state index contributed by atoms with van der Waals surface area (Å²) in [5, 5.41) is 0.566. The first kappa shape index (κ1) is 21.0. The molecule has 0 saturated carbocycles. The van der Waals surface area contributed by atoms with Gasteiger partial charge >= 0.3 is 0 Å². The van der Waals surface area contributed by atoms with Gasteiger partial charge in [-0.3, -0.25) is 9.69 Å². The SMILES string of the molecule is COc1ccc(C)c2sc(N(CCN(C)C)C(=O)COc3ccccc3F)nc12. The molecular weight excluding hydrogens is 393 g/mol. The van der Waals surface area contributed by atoms with Gasteiger partial charge in [-0.2, -0.15) is 0 Å². The summed E-state index contributed by atoms with van der Waals surface area (Å²) in [7, 11) is 5.47. The number of thiazole rings is 1. The molecule has 0 aliphatic rings. The molecule has 29 heavy (non-hydrogen) atoms. The second-order valence-electron chi connectivity index (χ2n) is 6.83. The van der Waals surface area contributed by atoms with E-state index in [2.05, 4.69) is 4.98 Å². The molecule has 0 radical (unpaired) electrons. The van der Waals surface area contributed by atoms with E-state index in [0.29, 0.717) is 24.0 Å². The van der Waals surface area contributed by atoms with Crippen LogP contribution in [0.4, 0.5) is 9.52 Å². The predicted molar refractivity (Wildman–Crippen MR) is 114 cm³/mol. The number of nitrogens with zero attached hydrogens (tertiary/aromatic N) is 3. The van der Waals surface area contributed by atoms with E-state index in [1.54, 1.807) is 24.1 Å². The van der Waals surface area contributed by atoms with Gasteiger partial charge in [-0.1, -0.05) is 29.5 Å². The van der Waals surface area contributed by atoms with Crippen molar-refractivity contribution in [3.63, 3.8) is 0 Å². The average Bonchev–Trinajstić information content (AvgIpc) is 3.13. The van der Waals surface area contributed by atoms with Crippen LogP contribution in [0.15, 0.2) is 36.4 Å². The summed E-state index contributed by atoms with van der Waals surface area (Å²) >= 11 is 1.43. The zero-order chi connectivity index (χ0) is 21.0. The highest BCUT2D eigenvalue weighted by atomic mass is 32.1. The first-order valence-corrected chi connectivity index (χ1v) is 9.99. The van der Waals surface area contributed by atoms with Crippen LogP contribution in [-0.2, 0) is 4.79 Å². The maximum Gasteiger partial charge on any atom is 0.266 e. The Balaban J connectivity index is 1.88. The molecule has 6 nitrogen and oxygen atoms in total. The number of fused-ring (bicyclic) bond motifs is 1. The predicted octanol–water partition coefficient (Wildman–Crippen LogP) is 3.73. The van der Waals surface area contributed by atoms with Gasteiger partial charge in [0.05, 0.1) is 11.8 Å². The normalized spacial score (nSPS) is 11.1. The fourth-order valence-corrected chi connectivity index (χ4v) is 3.88. The van der Waals surface area contributed by atoms with E-state index in [-0.39, 0.29) is 18.3 Å². The first-order valence-electron chi connectivity index (χ1n) is 9.17. The first-order chi connectivity index (χ1) is 13.9. The minimum Gasteiger partial charge on any atom is -0.494 e. The number of carbonyl (C=O) groups is 1. The lowest BCUT2D eigenvalue weighted by molar-refractivity contribution is -0.120. The number of ether oxygens (including phenoxy) is 2. The number of hydrogen-bond acceptors (Lipinski definition) is 6. The van der Waals surface area contributed by atoms with Gasteiger partial charge in [-0.25, -0.2) is 9.37 Å². The number of anilines is 1. The molecule has 0 N–H and O–H groups in total.